The molecule has 1 aliphatic carbocycles. The number of methoxy groups -OCH3 is 1. The lowest BCUT2D eigenvalue weighted by Gasteiger charge is -2.41. The molecular weight excluding hydrogens is 542 g/mol. The number of hydrogen-bond acceptors (Lipinski definition) is 8. The summed E-state index contributed by atoms with van der Waals surface area (Å²) in [5.41, 5.74) is 3.05. The van der Waals surface area contributed by atoms with E-state index in [4.69, 9.17) is 9.47 Å². The van der Waals surface area contributed by atoms with Crippen molar-refractivity contribution in [1.29, 1.82) is 5.26 Å². The molecule has 1 N–H and O–H groups in total. The molecule has 1 saturated carbocycles. The topological polar surface area (TPSA) is 118 Å². The lowest BCUT2D eigenvalue weighted by Crippen LogP contribution is -2.47. The number of anilines is 1. The number of carbonyl (C=O) groups is 1. The Kier molecular flexibility index (Phi) is 10.5. The van der Waals surface area contributed by atoms with Crippen LogP contribution in [-0.2, 0) is 21.3 Å². The first kappa shape index (κ1) is 30.6. The van der Waals surface area contributed by atoms with Gasteiger partial charge in [0.2, 0.25) is 0 Å². The number of pyridine rings is 2. The molecule has 0 bridgehead atoms. The summed E-state index contributed by atoms with van der Waals surface area (Å²) in [6.45, 7) is 6.07. The average Bonchev–Trinajstić information content (AvgIpc) is 3.39. The number of aryl methyl sites for hydroxylation is 1. The molecule has 0 atom stereocenters. The van der Waals surface area contributed by atoms with E-state index in [1.165, 1.54) is 0 Å². The van der Waals surface area contributed by atoms with Gasteiger partial charge in [-0.3, -0.25) is 14.7 Å². The highest BCUT2D eigenvalue weighted by Crippen LogP contribution is 2.40. The van der Waals surface area contributed by atoms with Crippen molar-refractivity contribution in [2.24, 2.45) is 0 Å². The van der Waals surface area contributed by atoms with Crippen LogP contribution in [0, 0.1) is 18.3 Å². The number of ether oxygens (including phenoxy) is 2. The zero-order chi connectivity index (χ0) is 28.0. The Balaban J connectivity index is 0.00000387. The number of halogens is 1. The van der Waals surface area contributed by atoms with E-state index in [1.807, 2.05) is 37.4 Å². The van der Waals surface area contributed by atoms with E-state index in [9.17, 15) is 10.1 Å². The van der Waals surface area contributed by atoms with Gasteiger partial charge in [-0.1, -0.05) is 6.07 Å². The number of nitriles is 1. The van der Waals surface area contributed by atoms with Crippen LogP contribution in [0.25, 0.3) is 5.82 Å². The molecule has 2 aliphatic rings. The number of carbonyl (C=O) groups excluding carboxylic acids is 1. The molecule has 41 heavy (non-hydrogen) atoms. The Labute approximate surface area is 247 Å². The third kappa shape index (κ3) is 6.93. The number of nitrogens with one attached hydrogen (secondary N) is 1. The van der Waals surface area contributed by atoms with E-state index >= 15 is 0 Å². The predicted octanol–water partition coefficient (Wildman–Crippen LogP) is 4.26. The smallest absolute Gasteiger partial charge is 0.259 e. The number of rotatable bonds is 9. The molecule has 0 radical (unpaired) electrons. The maximum atomic E-state index is 13.1. The van der Waals surface area contributed by atoms with Crippen LogP contribution in [0.3, 0.4) is 0 Å². The summed E-state index contributed by atoms with van der Waals surface area (Å²) in [4.78, 5) is 24.7. The first-order valence-corrected chi connectivity index (χ1v) is 14.0. The first-order chi connectivity index (χ1) is 19.5. The van der Waals surface area contributed by atoms with Crippen molar-refractivity contribution in [3.8, 4) is 11.9 Å². The standard InChI is InChI=1S/C30H37N7O3.ClH/c1-22-26(20-34-37(22)28-8-5-23(18-33-28)4-3-15-39-2)29(38)35-24-6-7-27(32-19-24)30(21-31)11-9-25(10-12-30)36-13-16-40-17-14-36;/h5-8,18-20,25H,3-4,9-17H2,1-2H3,(H,35,38);1H/t25-,30-;. The minimum Gasteiger partial charge on any atom is -0.385 e. The summed E-state index contributed by atoms with van der Waals surface area (Å²) in [6, 6.07) is 10.7. The lowest BCUT2D eigenvalue weighted by molar-refractivity contribution is 0.00493. The van der Waals surface area contributed by atoms with Crippen molar-refractivity contribution in [2.75, 3.05) is 45.3 Å². The highest BCUT2D eigenvalue weighted by Gasteiger charge is 2.40. The molecule has 1 aliphatic heterocycles. The molecular formula is C30H38ClN7O3. The van der Waals surface area contributed by atoms with Gasteiger partial charge < -0.3 is 14.8 Å². The minimum atomic E-state index is -0.588. The molecule has 0 spiro atoms. The molecule has 5 rings (SSSR count). The highest BCUT2D eigenvalue weighted by molar-refractivity contribution is 6.04. The summed E-state index contributed by atoms with van der Waals surface area (Å²) in [7, 11) is 1.70. The molecule has 10 nitrogen and oxygen atoms in total. The van der Waals surface area contributed by atoms with Gasteiger partial charge in [0.25, 0.3) is 5.91 Å². The van der Waals surface area contributed by atoms with Crippen LogP contribution < -0.4 is 5.32 Å². The number of hydrogen-bond donors (Lipinski definition) is 1. The van der Waals surface area contributed by atoms with Gasteiger partial charge in [0, 0.05) is 39.0 Å². The quantitative estimate of drug-likeness (QED) is 0.374. The lowest BCUT2D eigenvalue weighted by atomic mass is 9.71. The van der Waals surface area contributed by atoms with Crippen molar-refractivity contribution in [3.05, 3.63) is 65.4 Å². The third-order valence-electron chi connectivity index (χ3n) is 8.19. The van der Waals surface area contributed by atoms with Crippen LogP contribution in [0.2, 0.25) is 0 Å². The Morgan fingerprint density at radius 2 is 1.93 bits per heavy atom. The SMILES string of the molecule is COCCCc1ccc(-n2ncc(C(=O)Nc3ccc([C@]4(C#N)CC[C@@H](N5CCOCC5)CC4)nc3)c2C)nc1.Cl. The van der Waals surface area contributed by atoms with Gasteiger partial charge in [-0.15, -0.1) is 12.4 Å². The van der Waals surface area contributed by atoms with E-state index in [1.54, 1.807) is 24.2 Å². The van der Waals surface area contributed by atoms with Crippen LogP contribution in [0.15, 0.2) is 42.9 Å². The number of amides is 1. The maximum absolute atomic E-state index is 13.1. The van der Waals surface area contributed by atoms with E-state index in [0.717, 1.165) is 76.1 Å². The second-order valence-corrected chi connectivity index (χ2v) is 10.6. The fourth-order valence-electron chi connectivity index (χ4n) is 5.75. The molecule has 218 valence electrons. The third-order valence-corrected chi connectivity index (χ3v) is 8.19. The summed E-state index contributed by atoms with van der Waals surface area (Å²) >= 11 is 0. The molecule has 0 unspecified atom stereocenters. The van der Waals surface area contributed by atoms with Gasteiger partial charge in [0.15, 0.2) is 5.82 Å². The molecule has 11 heteroatoms. The Hall–Kier alpha value is -3.36. The van der Waals surface area contributed by atoms with E-state index in [-0.39, 0.29) is 18.3 Å². The maximum Gasteiger partial charge on any atom is 0.259 e. The van der Waals surface area contributed by atoms with Crippen molar-refractivity contribution in [2.45, 2.75) is 56.9 Å². The van der Waals surface area contributed by atoms with E-state index in [0.29, 0.717) is 35.4 Å². The first-order valence-electron chi connectivity index (χ1n) is 14.0. The molecule has 3 aromatic rings. The fraction of sp³-hybridized carbons (Fsp3) is 0.500. The van der Waals surface area contributed by atoms with Crippen LogP contribution in [0.1, 0.15) is 59.4 Å². The number of morpholine rings is 1. The second-order valence-electron chi connectivity index (χ2n) is 10.6. The molecule has 1 saturated heterocycles. The van der Waals surface area contributed by atoms with Gasteiger partial charge in [0.05, 0.1) is 59.7 Å². The zero-order valence-corrected chi connectivity index (χ0v) is 24.5. The summed E-state index contributed by atoms with van der Waals surface area (Å²) < 4.78 is 12.3. The molecule has 2 fully saturated rings. The highest BCUT2D eigenvalue weighted by atomic mass is 35.5. The summed E-state index contributed by atoms with van der Waals surface area (Å²) in [5, 5.41) is 17.5. The van der Waals surface area contributed by atoms with E-state index < -0.39 is 5.41 Å². The normalized spacial score (nSPS) is 21.0. The zero-order valence-electron chi connectivity index (χ0n) is 23.7. The van der Waals surface area contributed by atoms with Crippen LogP contribution in [0.4, 0.5) is 5.69 Å². The Morgan fingerprint density at radius 1 is 1.15 bits per heavy atom. The van der Waals surface area contributed by atoms with Crippen LogP contribution in [0.5, 0.6) is 0 Å². The van der Waals surface area contributed by atoms with Gasteiger partial charge >= 0.3 is 0 Å². The molecule has 1 amide bonds. The number of aromatic nitrogens is 4. The fourth-order valence-corrected chi connectivity index (χ4v) is 5.75. The van der Waals surface area contributed by atoms with Gasteiger partial charge in [-0.2, -0.15) is 10.4 Å². The number of nitrogens with zero attached hydrogens (tertiary/aromatic N) is 6. The van der Waals surface area contributed by atoms with Gasteiger partial charge in [-0.05, 0) is 69.2 Å². The predicted molar refractivity (Wildman–Crippen MR) is 158 cm³/mol. The monoisotopic (exact) mass is 579 g/mol. The second kappa shape index (κ2) is 14.0. The van der Waals surface area contributed by atoms with Gasteiger partial charge in [0.1, 0.15) is 0 Å². The Morgan fingerprint density at radius 3 is 2.56 bits per heavy atom. The van der Waals surface area contributed by atoms with Crippen LogP contribution in [-0.4, -0.2) is 76.6 Å². The minimum absolute atomic E-state index is 0. The Bertz CT molecular complexity index is 1320. The van der Waals surface area contributed by atoms with Crippen LogP contribution >= 0.6 is 12.4 Å². The molecule has 0 aromatic carbocycles. The van der Waals surface area contributed by atoms with Crippen molar-refractivity contribution in [1.82, 2.24) is 24.6 Å². The summed E-state index contributed by atoms with van der Waals surface area (Å²) in [5.74, 6) is 0.388. The molecule has 4 heterocycles. The average molecular weight is 580 g/mol. The van der Waals surface area contributed by atoms with Crippen molar-refractivity contribution >= 4 is 24.0 Å². The molecule has 3 aromatic heterocycles. The largest absolute Gasteiger partial charge is 0.385 e. The van der Waals surface area contributed by atoms with E-state index in [2.05, 4.69) is 31.4 Å². The summed E-state index contributed by atoms with van der Waals surface area (Å²) in [6.07, 6.45) is 10.4. The van der Waals surface area contributed by atoms with Crippen molar-refractivity contribution in [3.63, 3.8) is 0 Å². The van der Waals surface area contributed by atoms with Gasteiger partial charge in [-0.25, -0.2) is 9.67 Å². The van der Waals surface area contributed by atoms with Crippen molar-refractivity contribution < 1.29 is 14.3 Å².